The van der Waals surface area contributed by atoms with Crippen LogP contribution in [-0.2, 0) is 0 Å². The van der Waals surface area contributed by atoms with Crippen molar-refractivity contribution in [1.82, 2.24) is 10.3 Å². The summed E-state index contributed by atoms with van der Waals surface area (Å²) < 4.78 is 5.71. The van der Waals surface area contributed by atoms with Crippen LogP contribution in [0.15, 0.2) is 48.8 Å². The fraction of sp³-hybridized carbons (Fsp3) is 0.353. The molecule has 0 bridgehead atoms. The van der Waals surface area contributed by atoms with Crippen LogP contribution in [0, 0.1) is 0 Å². The maximum Gasteiger partial charge on any atom is 0.122 e. The summed E-state index contributed by atoms with van der Waals surface area (Å²) in [6, 6.07) is 12.8. The van der Waals surface area contributed by atoms with Crippen LogP contribution in [0.2, 0.25) is 0 Å². The Morgan fingerprint density at radius 3 is 3.05 bits per heavy atom. The quantitative estimate of drug-likeness (QED) is 0.924. The Hall–Kier alpha value is -1.87. The van der Waals surface area contributed by atoms with Gasteiger partial charge in [-0.25, -0.2) is 0 Å². The molecule has 0 fully saturated rings. The van der Waals surface area contributed by atoms with E-state index in [1.165, 1.54) is 11.1 Å². The van der Waals surface area contributed by atoms with Crippen molar-refractivity contribution < 1.29 is 4.74 Å². The molecule has 3 nitrogen and oxygen atoms in total. The van der Waals surface area contributed by atoms with Crippen molar-refractivity contribution in [2.45, 2.75) is 25.3 Å². The van der Waals surface area contributed by atoms with Gasteiger partial charge in [0.25, 0.3) is 0 Å². The number of nitrogens with one attached hydrogen (secondary N) is 1. The fourth-order valence-corrected chi connectivity index (χ4v) is 2.70. The summed E-state index contributed by atoms with van der Waals surface area (Å²) in [6.07, 6.45) is 4.81. The minimum atomic E-state index is 0.318. The minimum absolute atomic E-state index is 0.318. The predicted octanol–water partition coefficient (Wildman–Crippen LogP) is 3.30. The van der Waals surface area contributed by atoms with E-state index in [1.54, 1.807) is 0 Å². The van der Waals surface area contributed by atoms with E-state index < -0.39 is 0 Å². The Bertz CT molecular complexity index is 556. The van der Waals surface area contributed by atoms with Gasteiger partial charge < -0.3 is 10.1 Å². The molecule has 0 radical (unpaired) electrons. The second-order valence-corrected chi connectivity index (χ2v) is 5.29. The Labute approximate surface area is 120 Å². The van der Waals surface area contributed by atoms with Crippen LogP contribution < -0.4 is 10.1 Å². The monoisotopic (exact) mass is 268 g/mol. The number of nitrogens with zero attached hydrogens (tertiary/aromatic N) is 1. The maximum atomic E-state index is 5.71. The van der Waals surface area contributed by atoms with Gasteiger partial charge in [0.15, 0.2) is 0 Å². The summed E-state index contributed by atoms with van der Waals surface area (Å²) in [5.74, 6) is 1.57. The molecule has 0 amide bonds. The first-order valence-corrected chi connectivity index (χ1v) is 7.19. The van der Waals surface area contributed by atoms with Crippen LogP contribution in [0.5, 0.6) is 5.75 Å². The van der Waals surface area contributed by atoms with Crippen molar-refractivity contribution in [3.05, 3.63) is 59.9 Å². The molecule has 0 aliphatic carbocycles. The van der Waals surface area contributed by atoms with E-state index in [-0.39, 0.29) is 0 Å². The molecule has 1 aromatic heterocycles. The van der Waals surface area contributed by atoms with E-state index in [9.17, 15) is 0 Å². The van der Waals surface area contributed by atoms with Crippen molar-refractivity contribution in [2.24, 2.45) is 0 Å². The Kier molecular flexibility index (Phi) is 3.97. The Morgan fingerprint density at radius 1 is 1.30 bits per heavy atom. The highest BCUT2D eigenvalue weighted by Crippen LogP contribution is 2.33. The second-order valence-electron chi connectivity index (χ2n) is 5.29. The van der Waals surface area contributed by atoms with E-state index >= 15 is 0 Å². The molecular weight excluding hydrogens is 248 g/mol. The highest BCUT2D eigenvalue weighted by Gasteiger charge is 2.21. The molecule has 0 saturated carbocycles. The molecule has 3 rings (SSSR count). The number of aromatic nitrogens is 1. The summed E-state index contributed by atoms with van der Waals surface area (Å²) in [5, 5.41) is 3.61. The maximum absolute atomic E-state index is 5.71. The van der Waals surface area contributed by atoms with Crippen LogP contribution >= 0.6 is 0 Å². The van der Waals surface area contributed by atoms with Crippen LogP contribution in [0.25, 0.3) is 0 Å². The number of rotatable bonds is 4. The van der Waals surface area contributed by atoms with Gasteiger partial charge in [0.05, 0.1) is 6.61 Å². The lowest BCUT2D eigenvalue weighted by Crippen LogP contribution is -2.28. The van der Waals surface area contributed by atoms with Crippen molar-refractivity contribution in [1.29, 1.82) is 0 Å². The van der Waals surface area contributed by atoms with Gasteiger partial charge in [0.2, 0.25) is 0 Å². The third-order valence-corrected chi connectivity index (χ3v) is 3.94. The molecule has 2 atom stereocenters. The first-order chi connectivity index (χ1) is 9.84. The standard InChI is InChI=1S/C17H20N2O/c1-13(14-5-4-9-18-11-14)19-12-15-8-10-20-17-7-3-2-6-16(15)17/h2-7,9,11,13,15,19H,8,10,12H2,1H3/t13-,15?/m1/s1. The van der Waals surface area contributed by atoms with E-state index in [0.29, 0.717) is 12.0 Å². The molecule has 1 aliphatic rings. The average Bonchev–Trinajstić information content (AvgIpc) is 2.53. The van der Waals surface area contributed by atoms with Gasteiger partial charge in [-0.15, -0.1) is 0 Å². The van der Waals surface area contributed by atoms with Crippen LogP contribution in [-0.4, -0.2) is 18.1 Å². The van der Waals surface area contributed by atoms with Gasteiger partial charge >= 0.3 is 0 Å². The van der Waals surface area contributed by atoms with Gasteiger partial charge in [-0.2, -0.15) is 0 Å². The zero-order valence-corrected chi connectivity index (χ0v) is 11.8. The largest absolute Gasteiger partial charge is 0.493 e. The van der Waals surface area contributed by atoms with E-state index in [1.807, 2.05) is 24.5 Å². The van der Waals surface area contributed by atoms with Crippen molar-refractivity contribution >= 4 is 0 Å². The minimum Gasteiger partial charge on any atom is -0.493 e. The lowest BCUT2D eigenvalue weighted by Gasteiger charge is -2.27. The van der Waals surface area contributed by atoms with E-state index in [0.717, 1.165) is 25.3 Å². The van der Waals surface area contributed by atoms with Gasteiger partial charge in [0, 0.05) is 30.9 Å². The molecule has 2 aromatic rings. The Balaban J connectivity index is 1.65. The molecule has 0 spiro atoms. The first kappa shape index (κ1) is 13.1. The van der Waals surface area contributed by atoms with E-state index in [2.05, 4.69) is 41.5 Å². The Morgan fingerprint density at radius 2 is 2.20 bits per heavy atom. The SMILES string of the molecule is C[C@@H](NCC1CCOc2ccccc21)c1cccnc1. The lowest BCUT2D eigenvalue weighted by molar-refractivity contribution is 0.263. The van der Waals surface area contributed by atoms with Crippen LogP contribution in [0.4, 0.5) is 0 Å². The second kappa shape index (κ2) is 6.06. The lowest BCUT2D eigenvalue weighted by atomic mass is 9.93. The van der Waals surface area contributed by atoms with Crippen molar-refractivity contribution in [2.75, 3.05) is 13.2 Å². The molecule has 3 heteroatoms. The summed E-state index contributed by atoms with van der Waals surface area (Å²) in [4.78, 5) is 4.18. The molecule has 0 saturated heterocycles. The van der Waals surface area contributed by atoms with Crippen molar-refractivity contribution in [3.8, 4) is 5.75 Å². The molecule has 1 aliphatic heterocycles. The summed E-state index contributed by atoms with van der Waals surface area (Å²) in [5.41, 5.74) is 2.55. The van der Waals surface area contributed by atoms with Gasteiger partial charge in [-0.3, -0.25) is 4.98 Å². The number of ether oxygens (including phenoxy) is 1. The molecule has 2 heterocycles. The van der Waals surface area contributed by atoms with Crippen LogP contribution in [0.3, 0.4) is 0 Å². The molecule has 1 N–H and O–H groups in total. The van der Waals surface area contributed by atoms with Gasteiger partial charge in [0.1, 0.15) is 5.75 Å². The highest BCUT2D eigenvalue weighted by atomic mass is 16.5. The third kappa shape index (κ3) is 2.83. The molecule has 1 aromatic carbocycles. The number of benzene rings is 1. The summed E-state index contributed by atoms with van der Waals surface area (Å²) in [7, 11) is 0. The van der Waals surface area contributed by atoms with E-state index in [4.69, 9.17) is 4.74 Å². The number of hydrogen-bond acceptors (Lipinski definition) is 3. The number of hydrogen-bond donors (Lipinski definition) is 1. The smallest absolute Gasteiger partial charge is 0.122 e. The van der Waals surface area contributed by atoms with Crippen molar-refractivity contribution in [3.63, 3.8) is 0 Å². The molecule has 1 unspecified atom stereocenters. The molecular formula is C17H20N2O. The topological polar surface area (TPSA) is 34.1 Å². The number of fused-ring (bicyclic) bond motifs is 1. The highest BCUT2D eigenvalue weighted by molar-refractivity contribution is 5.38. The van der Waals surface area contributed by atoms with Gasteiger partial charge in [-0.1, -0.05) is 24.3 Å². The normalized spacial score (nSPS) is 18.9. The zero-order valence-electron chi connectivity index (χ0n) is 11.8. The number of pyridine rings is 1. The van der Waals surface area contributed by atoms with Gasteiger partial charge in [-0.05, 0) is 36.6 Å². The molecule has 20 heavy (non-hydrogen) atoms. The summed E-state index contributed by atoms with van der Waals surface area (Å²) >= 11 is 0. The third-order valence-electron chi connectivity index (χ3n) is 3.94. The molecule has 104 valence electrons. The zero-order chi connectivity index (χ0) is 13.8. The fourth-order valence-electron chi connectivity index (χ4n) is 2.70. The average molecular weight is 268 g/mol. The van der Waals surface area contributed by atoms with Crippen LogP contribution in [0.1, 0.15) is 36.4 Å². The summed E-state index contributed by atoms with van der Waals surface area (Å²) in [6.45, 7) is 3.96. The predicted molar refractivity (Wildman–Crippen MR) is 79.9 cm³/mol. The number of para-hydroxylation sites is 1. The first-order valence-electron chi connectivity index (χ1n) is 7.19.